The van der Waals surface area contributed by atoms with Gasteiger partial charge in [-0.1, -0.05) is 11.6 Å². The van der Waals surface area contributed by atoms with Crippen LogP contribution in [0.4, 0.5) is 13.2 Å². The Bertz CT molecular complexity index is 1290. The minimum absolute atomic E-state index is 0.0618. The number of fused-ring (bicyclic) bond motifs is 1. The van der Waals surface area contributed by atoms with Crippen molar-refractivity contribution >= 4 is 34.0 Å². The molecular weight excluding hydrogens is 511 g/mol. The monoisotopic (exact) mass is 531 g/mol. The van der Waals surface area contributed by atoms with Gasteiger partial charge in [-0.2, -0.15) is 13.2 Å². The molecule has 1 aliphatic rings. The summed E-state index contributed by atoms with van der Waals surface area (Å²) in [5, 5.41) is 7.21. The minimum Gasteiger partial charge on any atom is -0.478 e. The van der Waals surface area contributed by atoms with Crippen molar-refractivity contribution in [3.05, 3.63) is 40.9 Å². The van der Waals surface area contributed by atoms with E-state index in [1.807, 2.05) is 6.92 Å². The highest BCUT2D eigenvalue weighted by molar-refractivity contribution is 7.85. The molecule has 3 aromatic heterocycles. The number of rotatable bonds is 6. The highest BCUT2D eigenvalue weighted by atomic mass is 35.5. The van der Waals surface area contributed by atoms with Crippen LogP contribution in [0.25, 0.3) is 5.65 Å². The van der Waals surface area contributed by atoms with Gasteiger partial charge < -0.3 is 14.8 Å². The van der Waals surface area contributed by atoms with Gasteiger partial charge >= 0.3 is 6.18 Å². The number of nitrogens with one attached hydrogen (secondary N) is 1. The van der Waals surface area contributed by atoms with Gasteiger partial charge in [-0.15, -0.1) is 5.10 Å². The summed E-state index contributed by atoms with van der Waals surface area (Å²) in [6.45, 7) is 2.05. The Hall–Kier alpha value is -2.93. The lowest BCUT2D eigenvalue weighted by Gasteiger charge is -2.33. The van der Waals surface area contributed by atoms with Crippen molar-refractivity contribution in [3.8, 4) is 17.4 Å². The molecule has 9 nitrogen and oxygen atoms in total. The molecule has 4 heterocycles. The minimum atomic E-state index is -4.56. The Balaban J connectivity index is 1.55. The zero-order valence-electron chi connectivity index (χ0n) is 18.7. The van der Waals surface area contributed by atoms with E-state index < -0.39 is 35.0 Å². The van der Waals surface area contributed by atoms with E-state index in [4.69, 9.17) is 21.1 Å². The first-order chi connectivity index (χ1) is 16.4. The summed E-state index contributed by atoms with van der Waals surface area (Å²) in [4.78, 5) is 21.0. The Morgan fingerprint density at radius 3 is 2.69 bits per heavy atom. The Kier molecular flexibility index (Phi) is 6.91. The van der Waals surface area contributed by atoms with Crippen LogP contribution in [0.2, 0.25) is 5.02 Å². The highest BCUT2D eigenvalue weighted by Gasteiger charge is 2.32. The van der Waals surface area contributed by atoms with Crippen LogP contribution in [-0.4, -0.2) is 59.5 Å². The molecule has 0 atom stereocenters. The summed E-state index contributed by atoms with van der Waals surface area (Å²) in [7, 11) is -0.868. The van der Waals surface area contributed by atoms with Gasteiger partial charge in [-0.05, 0) is 38.3 Å². The molecule has 1 N–H and O–H groups in total. The maximum Gasteiger partial charge on any atom is 0.422 e. The first-order valence-corrected chi connectivity index (χ1v) is 12.3. The smallest absolute Gasteiger partial charge is 0.422 e. The van der Waals surface area contributed by atoms with E-state index in [2.05, 4.69) is 20.4 Å². The van der Waals surface area contributed by atoms with E-state index >= 15 is 0 Å². The van der Waals surface area contributed by atoms with Crippen LogP contribution >= 0.6 is 11.6 Å². The third kappa shape index (κ3) is 6.20. The molecule has 1 amide bonds. The van der Waals surface area contributed by atoms with Crippen LogP contribution in [0.5, 0.6) is 17.4 Å². The first-order valence-electron chi connectivity index (χ1n) is 10.5. The molecule has 0 saturated carbocycles. The second-order valence-corrected chi connectivity index (χ2v) is 10.5. The molecule has 35 heavy (non-hydrogen) atoms. The molecule has 1 saturated heterocycles. The molecule has 0 bridgehead atoms. The van der Waals surface area contributed by atoms with E-state index in [0.717, 1.165) is 0 Å². The van der Waals surface area contributed by atoms with Crippen LogP contribution in [0, 0.1) is 6.92 Å². The lowest BCUT2D eigenvalue weighted by Crippen LogP contribution is -2.50. The van der Waals surface area contributed by atoms with Gasteiger partial charge in [0.2, 0.25) is 5.82 Å². The predicted molar refractivity (Wildman–Crippen MR) is 122 cm³/mol. The molecule has 0 unspecified atom stereocenters. The molecule has 0 radical (unpaired) electrons. The fourth-order valence-electron chi connectivity index (χ4n) is 3.42. The Labute approximate surface area is 205 Å². The van der Waals surface area contributed by atoms with E-state index in [1.54, 1.807) is 13.0 Å². The van der Waals surface area contributed by atoms with Gasteiger partial charge in [0.15, 0.2) is 23.8 Å². The third-order valence-corrected chi connectivity index (χ3v) is 6.92. The molecule has 14 heteroatoms. The van der Waals surface area contributed by atoms with Gasteiger partial charge in [0.25, 0.3) is 11.8 Å². The molecule has 3 aromatic rings. The molecule has 0 aromatic carbocycles. The number of aromatic nitrogens is 4. The summed E-state index contributed by atoms with van der Waals surface area (Å²) in [5.74, 6) is 0.212. The summed E-state index contributed by atoms with van der Waals surface area (Å²) in [6.07, 6.45) is -0.739. The number of halogens is 4. The Morgan fingerprint density at radius 2 is 2.00 bits per heavy atom. The normalized spacial score (nSPS) is 20.6. The second-order valence-electron chi connectivity index (χ2n) is 8.38. The number of aryl methyl sites for hydroxylation is 1. The fourth-order valence-corrected chi connectivity index (χ4v) is 5.13. The van der Waals surface area contributed by atoms with Gasteiger partial charge in [-0.3, -0.25) is 9.00 Å². The summed E-state index contributed by atoms with van der Waals surface area (Å²) in [5.41, 5.74) is 0.435. The largest absolute Gasteiger partial charge is 0.478 e. The van der Waals surface area contributed by atoms with Gasteiger partial charge in [0.05, 0.1) is 11.2 Å². The molecule has 1 fully saturated rings. The van der Waals surface area contributed by atoms with E-state index in [1.165, 1.54) is 23.0 Å². The van der Waals surface area contributed by atoms with Crippen molar-refractivity contribution in [2.45, 2.75) is 38.4 Å². The number of hydrogen-bond donors (Lipinski definition) is 1. The van der Waals surface area contributed by atoms with Gasteiger partial charge in [-0.25, -0.2) is 14.5 Å². The molecular formula is C21H21ClF3N5O4S. The number of pyridine rings is 2. The number of nitrogens with zero attached hydrogens (tertiary/aromatic N) is 4. The lowest BCUT2D eigenvalue weighted by molar-refractivity contribution is -0.153. The summed E-state index contributed by atoms with van der Waals surface area (Å²) >= 11 is 5.84. The van der Waals surface area contributed by atoms with Crippen molar-refractivity contribution in [2.75, 3.05) is 18.1 Å². The van der Waals surface area contributed by atoms with Crippen LogP contribution in [0.3, 0.4) is 0 Å². The SMILES string of the molecule is Cc1cc2nc(C(=O)NC3(C)CCS(=O)CC3)nn2cc1Oc1ncc(Cl)cc1OCC(F)(F)F. The van der Waals surface area contributed by atoms with Crippen LogP contribution in [-0.2, 0) is 10.8 Å². The van der Waals surface area contributed by atoms with Crippen molar-refractivity contribution in [1.82, 2.24) is 24.9 Å². The van der Waals surface area contributed by atoms with Crippen molar-refractivity contribution in [3.63, 3.8) is 0 Å². The fraction of sp³-hybridized carbons (Fsp3) is 0.429. The number of carbonyl (C=O) groups is 1. The summed E-state index contributed by atoms with van der Waals surface area (Å²) < 4.78 is 61.3. The average Bonchev–Trinajstić information content (AvgIpc) is 3.18. The van der Waals surface area contributed by atoms with E-state index in [0.29, 0.717) is 35.6 Å². The van der Waals surface area contributed by atoms with Crippen LogP contribution < -0.4 is 14.8 Å². The van der Waals surface area contributed by atoms with Crippen LogP contribution in [0.15, 0.2) is 24.5 Å². The summed E-state index contributed by atoms with van der Waals surface area (Å²) in [6, 6.07) is 2.78. The molecule has 1 aliphatic heterocycles. The van der Waals surface area contributed by atoms with Gasteiger partial charge in [0, 0.05) is 40.1 Å². The topological polar surface area (TPSA) is 108 Å². The highest BCUT2D eigenvalue weighted by Crippen LogP contribution is 2.34. The maximum atomic E-state index is 12.8. The number of amides is 1. The molecule has 0 spiro atoms. The zero-order chi connectivity index (χ0) is 25.4. The van der Waals surface area contributed by atoms with Crippen LogP contribution in [0.1, 0.15) is 35.9 Å². The van der Waals surface area contributed by atoms with E-state index in [9.17, 15) is 22.2 Å². The van der Waals surface area contributed by atoms with Crippen molar-refractivity contribution in [2.24, 2.45) is 0 Å². The average molecular weight is 532 g/mol. The maximum absolute atomic E-state index is 12.8. The Morgan fingerprint density at radius 1 is 1.29 bits per heavy atom. The molecule has 0 aliphatic carbocycles. The zero-order valence-corrected chi connectivity index (χ0v) is 20.3. The number of carbonyl (C=O) groups excluding carboxylic acids is 1. The molecule has 188 valence electrons. The first kappa shape index (κ1) is 25.2. The predicted octanol–water partition coefficient (Wildman–Crippen LogP) is 3.85. The van der Waals surface area contributed by atoms with E-state index in [-0.39, 0.29) is 28.2 Å². The third-order valence-electron chi connectivity index (χ3n) is 5.40. The number of hydrogen-bond acceptors (Lipinski definition) is 7. The van der Waals surface area contributed by atoms with Gasteiger partial charge in [0.1, 0.15) is 0 Å². The number of alkyl halides is 3. The van der Waals surface area contributed by atoms with Crippen molar-refractivity contribution < 1.29 is 31.6 Å². The molecule has 4 rings (SSSR count). The quantitative estimate of drug-likeness (QED) is 0.514. The number of ether oxygens (including phenoxy) is 2. The van der Waals surface area contributed by atoms with Crippen molar-refractivity contribution in [1.29, 1.82) is 0 Å². The standard InChI is InChI=1S/C21H21ClF3N5O4S/c1-12-7-16-27-17(18(31)28-20(2)3-5-35(32)6-4-20)29-30(16)10-15(12)34-19-14(8-13(22)9-26-19)33-11-21(23,24)25/h7-10H,3-6,11H2,1-2H3,(H,28,31). The lowest BCUT2D eigenvalue weighted by atomic mass is 9.95. The second kappa shape index (κ2) is 9.61.